The first-order valence-corrected chi connectivity index (χ1v) is 6.86. The first kappa shape index (κ1) is 14.8. The Morgan fingerprint density at radius 3 is 2.95 bits per heavy atom. The number of carbonyl (C=O) groups is 1. The molecule has 2 rings (SSSR count). The minimum absolute atomic E-state index is 0.0450. The lowest BCUT2D eigenvalue weighted by Crippen LogP contribution is -2.44. The summed E-state index contributed by atoms with van der Waals surface area (Å²) >= 11 is 0. The molecule has 1 N–H and O–H groups in total. The van der Waals surface area contributed by atoms with Gasteiger partial charge in [-0.2, -0.15) is 0 Å². The van der Waals surface area contributed by atoms with Crippen molar-refractivity contribution in [3.05, 3.63) is 30.1 Å². The van der Waals surface area contributed by atoms with Crippen molar-refractivity contribution in [2.24, 2.45) is 5.92 Å². The highest BCUT2D eigenvalue weighted by Gasteiger charge is 2.25. The van der Waals surface area contributed by atoms with E-state index in [0.717, 1.165) is 13.0 Å². The van der Waals surface area contributed by atoms with Crippen LogP contribution in [0.25, 0.3) is 0 Å². The summed E-state index contributed by atoms with van der Waals surface area (Å²) < 4.78 is 23.8. The van der Waals surface area contributed by atoms with Crippen LogP contribution in [0, 0.1) is 11.7 Å². The number of rotatable bonds is 5. The summed E-state index contributed by atoms with van der Waals surface area (Å²) in [4.78, 5) is 12.0. The number of nitrogens with one attached hydrogen (secondary N) is 1. The molecule has 1 aliphatic heterocycles. The van der Waals surface area contributed by atoms with Crippen molar-refractivity contribution in [2.75, 3.05) is 13.2 Å². The van der Waals surface area contributed by atoms with Gasteiger partial charge in [0.05, 0.1) is 6.61 Å². The molecule has 1 heterocycles. The van der Waals surface area contributed by atoms with E-state index in [1.165, 1.54) is 12.1 Å². The molecule has 4 nitrogen and oxygen atoms in total. The van der Waals surface area contributed by atoms with Crippen molar-refractivity contribution in [3.63, 3.8) is 0 Å². The Balaban J connectivity index is 1.85. The number of hydrogen-bond acceptors (Lipinski definition) is 3. The number of benzene rings is 1. The second kappa shape index (κ2) is 6.70. The summed E-state index contributed by atoms with van der Waals surface area (Å²) in [5.74, 6) is 0.116. The lowest BCUT2D eigenvalue weighted by molar-refractivity contribution is -0.128. The van der Waals surface area contributed by atoms with E-state index in [1.807, 2.05) is 6.92 Å². The molecule has 1 fully saturated rings. The van der Waals surface area contributed by atoms with Crippen molar-refractivity contribution in [3.8, 4) is 5.75 Å². The third-order valence-electron chi connectivity index (χ3n) is 3.52. The Morgan fingerprint density at radius 1 is 1.50 bits per heavy atom. The van der Waals surface area contributed by atoms with Crippen molar-refractivity contribution in [1.29, 1.82) is 0 Å². The van der Waals surface area contributed by atoms with Crippen LogP contribution in [0.2, 0.25) is 0 Å². The van der Waals surface area contributed by atoms with Crippen LogP contribution in [0.15, 0.2) is 24.3 Å². The Bertz CT molecular complexity index is 460. The van der Waals surface area contributed by atoms with Gasteiger partial charge in [0.1, 0.15) is 11.6 Å². The Labute approximate surface area is 118 Å². The standard InChI is InChI=1S/C15H20FNO3/c1-10(12-6-7-19-9-12)17-15(18)11(2)20-14-5-3-4-13(16)8-14/h3-5,8,10-12H,6-7,9H2,1-2H3,(H,17,18)/t10-,11-,12+/m0/s1. The maximum absolute atomic E-state index is 13.0. The zero-order valence-corrected chi connectivity index (χ0v) is 11.8. The van der Waals surface area contributed by atoms with E-state index in [2.05, 4.69) is 5.32 Å². The van der Waals surface area contributed by atoms with Crippen LogP contribution in [0.5, 0.6) is 5.75 Å². The Kier molecular flexibility index (Phi) is 4.95. The second-order valence-corrected chi connectivity index (χ2v) is 5.14. The molecular formula is C15H20FNO3. The van der Waals surface area contributed by atoms with E-state index in [4.69, 9.17) is 9.47 Å². The van der Waals surface area contributed by atoms with Crippen molar-refractivity contribution >= 4 is 5.91 Å². The average molecular weight is 281 g/mol. The van der Waals surface area contributed by atoms with Gasteiger partial charge in [-0.05, 0) is 32.4 Å². The van der Waals surface area contributed by atoms with Gasteiger partial charge in [0.25, 0.3) is 5.91 Å². The van der Waals surface area contributed by atoms with Crippen LogP contribution in [-0.2, 0) is 9.53 Å². The van der Waals surface area contributed by atoms with E-state index in [-0.39, 0.29) is 17.8 Å². The molecule has 0 aliphatic carbocycles. The van der Waals surface area contributed by atoms with Crippen LogP contribution >= 0.6 is 0 Å². The summed E-state index contributed by atoms with van der Waals surface area (Å²) in [7, 11) is 0. The average Bonchev–Trinajstić information content (AvgIpc) is 2.92. The van der Waals surface area contributed by atoms with E-state index in [9.17, 15) is 9.18 Å². The molecule has 5 heteroatoms. The highest BCUT2D eigenvalue weighted by molar-refractivity contribution is 5.81. The molecule has 0 aromatic heterocycles. The SMILES string of the molecule is C[C@H](Oc1cccc(F)c1)C(=O)N[C@@H](C)[C@@H]1CCOC1. The third kappa shape index (κ3) is 3.93. The number of halogens is 1. The number of amides is 1. The predicted octanol–water partition coefficient (Wildman–Crippen LogP) is 2.13. The number of carbonyl (C=O) groups excluding carboxylic acids is 1. The van der Waals surface area contributed by atoms with Gasteiger partial charge in [0.2, 0.25) is 0 Å². The Hall–Kier alpha value is -1.62. The molecule has 1 aromatic rings. The van der Waals surface area contributed by atoms with Crippen LogP contribution in [0.4, 0.5) is 4.39 Å². The highest BCUT2D eigenvalue weighted by atomic mass is 19.1. The van der Waals surface area contributed by atoms with Gasteiger partial charge in [-0.3, -0.25) is 4.79 Å². The van der Waals surface area contributed by atoms with Crippen LogP contribution < -0.4 is 10.1 Å². The monoisotopic (exact) mass is 281 g/mol. The van der Waals surface area contributed by atoms with Gasteiger partial charge < -0.3 is 14.8 Å². The smallest absolute Gasteiger partial charge is 0.260 e. The quantitative estimate of drug-likeness (QED) is 0.899. The molecule has 1 amide bonds. The normalized spacial score (nSPS) is 21.2. The van der Waals surface area contributed by atoms with E-state index in [0.29, 0.717) is 18.3 Å². The van der Waals surface area contributed by atoms with Gasteiger partial charge >= 0.3 is 0 Å². The molecule has 0 radical (unpaired) electrons. The molecule has 3 atom stereocenters. The molecule has 1 saturated heterocycles. The first-order valence-electron chi connectivity index (χ1n) is 6.86. The van der Waals surface area contributed by atoms with Gasteiger partial charge in [-0.1, -0.05) is 6.07 Å². The van der Waals surface area contributed by atoms with Crippen LogP contribution in [0.3, 0.4) is 0 Å². The molecule has 20 heavy (non-hydrogen) atoms. The van der Waals surface area contributed by atoms with Gasteiger partial charge in [-0.15, -0.1) is 0 Å². The van der Waals surface area contributed by atoms with E-state index >= 15 is 0 Å². The fraction of sp³-hybridized carbons (Fsp3) is 0.533. The summed E-state index contributed by atoms with van der Waals surface area (Å²) in [5, 5.41) is 2.92. The molecule has 0 spiro atoms. The molecular weight excluding hydrogens is 261 g/mol. The van der Waals surface area contributed by atoms with Gasteiger partial charge in [0, 0.05) is 24.6 Å². The van der Waals surface area contributed by atoms with Gasteiger partial charge in [-0.25, -0.2) is 4.39 Å². The summed E-state index contributed by atoms with van der Waals surface area (Å²) in [6.07, 6.45) is 0.294. The fourth-order valence-electron chi connectivity index (χ4n) is 2.20. The first-order chi connectivity index (χ1) is 9.56. The maximum Gasteiger partial charge on any atom is 0.260 e. The minimum atomic E-state index is -0.665. The van der Waals surface area contributed by atoms with Gasteiger partial charge in [0.15, 0.2) is 6.10 Å². The molecule has 0 saturated carbocycles. The summed E-state index contributed by atoms with van der Waals surface area (Å²) in [6, 6.07) is 5.82. The van der Waals surface area contributed by atoms with E-state index < -0.39 is 6.10 Å². The van der Waals surface area contributed by atoms with Crippen molar-refractivity contribution in [2.45, 2.75) is 32.4 Å². The molecule has 0 unspecified atom stereocenters. The van der Waals surface area contributed by atoms with Crippen molar-refractivity contribution < 1.29 is 18.7 Å². The Morgan fingerprint density at radius 2 is 2.30 bits per heavy atom. The lowest BCUT2D eigenvalue weighted by Gasteiger charge is -2.22. The molecule has 1 aliphatic rings. The zero-order chi connectivity index (χ0) is 14.5. The molecule has 0 bridgehead atoms. The maximum atomic E-state index is 13.0. The fourth-order valence-corrected chi connectivity index (χ4v) is 2.20. The number of hydrogen-bond donors (Lipinski definition) is 1. The molecule has 1 aromatic carbocycles. The zero-order valence-electron chi connectivity index (χ0n) is 11.8. The molecule has 110 valence electrons. The highest BCUT2D eigenvalue weighted by Crippen LogP contribution is 2.17. The summed E-state index contributed by atoms with van der Waals surface area (Å²) in [6.45, 7) is 5.05. The number of ether oxygens (including phenoxy) is 2. The third-order valence-corrected chi connectivity index (χ3v) is 3.52. The van der Waals surface area contributed by atoms with E-state index in [1.54, 1.807) is 19.1 Å². The topological polar surface area (TPSA) is 47.6 Å². The largest absolute Gasteiger partial charge is 0.481 e. The van der Waals surface area contributed by atoms with Crippen LogP contribution in [-0.4, -0.2) is 31.3 Å². The minimum Gasteiger partial charge on any atom is -0.481 e. The second-order valence-electron chi connectivity index (χ2n) is 5.14. The van der Waals surface area contributed by atoms with Crippen molar-refractivity contribution in [1.82, 2.24) is 5.32 Å². The van der Waals surface area contributed by atoms with Crippen LogP contribution in [0.1, 0.15) is 20.3 Å². The summed E-state index contributed by atoms with van der Waals surface area (Å²) in [5.41, 5.74) is 0. The lowest BCUT2D eigenvalue weighted by atomic mass is 10.0. The predicted molar refractivity (Wildman–Crippen MR) is 73.0 cm³/mol.